The van der Waals surface area contributed by atoms with Gasteiger partial charge in [-0.25, -0.2) is 4.79 Å². The number of methoxy groups -OCH3 is 1. The fourth-order valence-electron chi connectivity index (χ4n) is 3.47. The van der Waals surface area contributed by atoms with Crippen molar-refractivity contribution < 1.29 is 14.3 Å². The van der Waals surface area contributed by atoms with Crippen LogP contribution in [0.4, 0.5) is 0 Å². The van der Waals surface area contributed by atoms with E-state index < -0.39 is 11.2 Å². The molecule has 0 amide bonds. The molecule has 0 aliphatic heterocycles. The van der Waals surface area contributed by atoms with Crippen molar-refractivity contribution in [2.75, 3.05) is 13.7 Å². The van der Waals surface area contributed by atoms with E-state index in [9.17, 15) is 14.7 Å². The summed E-state index contributed by atoms with van der Waals surface area (Å²) in [4.78, 5) is 25.7. The van der Waals surface area contributed by atoms with Crippen LogP contribution < -0.4 is 15.9 Å². The third-order valence-corrected chi connectivity index (χ3v) is 4.84. The SMILES string of the molecule is COc1ccc(-c2cc3c(c(=O)oc4ccc(C)cc43)c(=O)n2CCO)cc1. The van der Waals surface area contributed by atoms with E-state index in [4.69, 9.17) is 9.15 Å². The lowest BCUT2D eigenvalue weighted by Crippen LogP contribution is -2.27. The summed E-state index contributed by atoms with van der Waals surface area (Å²) >= 11 is 0. The summed E-state index contributed by atoms with van der Waals surface area (Å²) in [7, 11) is 1.58. The van der Waals surface area contributed by atoms with Gasteiger partial charge in [0, 0.05) is 17.3 Å². The van der Waals surface area contributed by atoms with Crippen molar-refractivity contribution in [3.8, 4) is 17.0 Å². The van der Waals surface area contributed by atoms with Crippen LogP contribution in [0.2, 0.25) is 0 Å². The maximum absolute atomic E-state index is 13.2. The number of pyridine rings is 1. The zero-order chi connectivity index (χ0) is 19.8. The van der Waals surface area contributed by atoms with E-state index in [0.29, 0.717) is 27.8 Å². The van der Waals surface area contributed by atoms with Crippen LogP contribution in [0.25, 0.3) is 33.0 Å². The van der Waals surface area contributed by atoms with Crippen LogP contribution in [-0.4, -0.2) is 23.4 Å². The third kappa shape index (κ3) is 2.88. The molecule has 0 aliphatic carbocycles. The van der Waals surface area contributed by atoms with E-state index in [1.54, 1.807) is 25.3 Å². The molecule has 0 fully saturated rings. The molecule has 0 bridgehead atoms. The van der Waals surface area contributed by atoms with Gasteiger partial charge in [0.05, 0.1) is 19.4 Å². The molecule has 0 saturated carbocycles. The van der Waals surface area contributed by atoms with E-state index in [1.807, 2.05) is 37.3 Å². The molecule has 4 rings (SSSR count). The average Bonchev–Trinajstić information content (AvgIpc) is 2.70. The first-order valence-electron chi connectivity index (χ1n) is 8.90. The number of aryl methyl sites for hydroxylation is 1. The second kappa shape index (κ2) is 6.98. The predicted octanol–water partition coefficient (Wildman–Crippen LogP) is 3.08. The van der Waals surface area contributed by atoms with Gasteiger partial charge in [-0.1, -0.05) is 11.6 Å². The lowest BCUT2D eigenvalue weighted by atomic mass is 10.0. The van der Waals surface area contributed by atoms with Gasteiger partial charge in [0.1, 0.15) is 16.7 Å². The molecule has 4 aromatic rings. The number of hydrogen-bond acceptors (Lipinski definition) is 5. The van der Waals surface area contributed by atoms with Crippen LogP contribution in [0.5, 0.6) is 5.75 Å². The van der Waals surface area contributed by atoms with Crippen molar-refractivity contribution in [1.82, 2.24) is 4.57 Å². The number of fused-ring (bicyclic) bond motifs is 3. The summed E-state index contributed by atoms with van der Waals surface area (Å²) in [5.74, 6) is 0.697. The van der Waals surface area contributed by atoms with E-state index in [-0.39, 0.29) is 18.5 Å². The van der Waals surface area contributed by atoms with Crippen molar-refractivity contribution in [1.29, 1.82) is 0 Å². The number of aliphatic hydroxyl groups is 1. The molecular formula is C22H19NO5. The van der Waals surface area contributed by atoms with Crippen LogP contribution in [0.1, 0.15) is 5.56 Å². The van der Waals surface area contributed by atoms with Crippen molar-refractivity contribution in [2.24, 2.45) is 0 Å². The fraction of sp³-hybridized carbons (Fsp3) is 0.182. The molecule has 0 aliphatic rings. The van der Waals surface area contributed by atoms with Gasteiger partial charge in [0.25, 0.3) is 5.56 Å². The Kier molecular flexibility index (Phi) is 4.49. The molecule has 28 heavy (non-hydrogen) atoms. The monoisotopic (exact) mass is 377 g/mol. The summed E-state index contributed by atoms with van der Waals surface area (Å²) in [5.41, 5.74) is 1.67. The molecule has 0 atom stereocenters. The standard InChI is InChI=1S/C22H19NO5/c1-13-3-8-19-16(11-13)17-12-18(14-4-6-15(27-2)7-5-14)23(9-10-24)21(25)20(17)22(26)28-19/h3-8,11-12,24H,9-10H2,1-2H3. The Bertz CT molecular complexity index is 1300. The van der Waals surface area contributed by atoms with Crippen LogP contribution in [0.3, 0.4) is 0 Å². The quantitative estimate of drug-likeness (QED) is 0.437. The molecule has 6 nitrogen and oxygen atoms in total. The van der Waals surface area contributed by atoms with Gasteiger partial charge in [0.2, 0.25) is 0 Å². The Hall–Kier alpha value is -3.38. The van der Waals surface area contributed by atoms with Crippen LogP contribution in [0.15, 0.2) is 62.5 Å². The lowest BCUT2D eigenvalue weighted by Gasteiger charge is -2.15. The maximum atomic E-state index is 13.2. The Morgan fingerprint density at radius 1 is 1.04 bits per heavy atom. The van der Waals surface area contributed by atoms with E-state index in [2.05, 4.69) is 0 Å². The number of hydrogen-bond donors (Lipinski definition) is 1. The number of rotatable bonds is 4. The van der Waals surface area contributed by atoms with Crippen molar-refractivity contribution >= 4 is 21.7 Å². The molecule has 1 N–H and O–H groups in total. The third-order valence-electron chi connectivity index (χ3n) is 4.84. The van der Waals surface area contributed by atoms with Gasteiger partial charge in [-0.15, -0.1) is 0 Å². The number of benzene rings is 2. The normalized spacial score (nSPS) is 11.2. The maximum Gasteiger partial charge on any atom is 0.349 e. The Balaban J connectivity index is 2.14. The first-order chi connectivity index (χ1) is 13.5. The molecule has 6 heteroatoms. The Morgan fingerprint density at radius 2 is 1.79 bits per heavy atom. The zero-order valence-corrected chi connectivity index (χ0v) is 15.6. The molecule has 142 valence electrons. The highest BCUT2D eigenvalue weighted by Crippen LogP contribution is 2.28. The highest BCUT2D eigenvalue weighted by molar-refractivity contribution is 6.05. The van der Waals surface area contributed by atoms with E-state index >= 15 is 0 Å². The minimum Gasteiger partial charge on any atom is -0.497 e. The molecule has 2 aromatic heterocycles. The van der Waals surface area contributed by atoms with Gasteiger partial charge in [-0.3, -0.25) is 4.79 Å². The average molecular weight is 377 g/mol. The molecule has 0 unspecified atom stereocenters. The van der Waals surface area contributed by atoms with Gasteiger partial charge < -0.3 is 18.8 Å². The Labute approximate surface area is 160 Å². The Morgan fingerprint density at radius 3 is 2.46 bits per heavy atom. The molecule has 0 spiro atoms. The molecular weight excluding hydrogens is 358 g/mol. The van der Waals surface area contributed by atoms with Gasteiger partial charge >= 0.3 is 5.63 Å². The molecule has 0 radical (unpaired) electrons. The largest absolute Gasteiger partial charge is 0.497 e. The second-order valence-corrected chi connectivity index (χ2v) is 6.62. The first-order valence-corrected chi connectivity index (χ1v) is 8.90. The zero-order valence-electron chi connectivity index (χ0n) is 15.6. The van der Waals surface area contributed by atoms with Crippen molar-refractivity contribution in [3.63, 3.8) is 0 Å². The van der Waals surface area contributed by atoms with Crippen molar-refractivity contribution in [2.45, 2.75) is 13.5 Å². The second-order valence-electron chi connectivity index (χ2n) is 6.62. The van der Waals surface area contributed by atoms with E-state index in [1.165, 1.54) is 4.57 Å². The van der Waals surface area contributed by atoms with Gasteiger partial charge in [0.15, 0.2) is 0 Å². The molecule has 0 saturated heterocycles. The number of nitrogens with zero attached hydrogens (tertiary/aromatic N) is 1. The molecule has 2 heterocycles. The highest BCUT2D eigenvalue weighted by atomic mass is 16.5. The van der Waals surface area contributed by atoms with Gasteiger partial charge in [-0.2, -0.15) is 0 Å². The lowest BCUT2D eigenvalue weighted by molar-refractivity contribution is 0.275. The van der Waals surface area contributed by atoms with Crippen LogP contribution >= 0.6 is 0 Å². The number of ether oxygens (including phenoxy) is 1. The van der Waals surface area contributed by atoms with Crippen LogP contribution in [-0.2, 0) is 6.54 Å². The van der Waals surface area contributed by atoms with E-state index in [0.717, 1.165) is 11.1 Å². The number of aliphatic hydroxyl groups excluding tert-OH is 1. The smallest absolute Gasteiger partial charge is 0.349 e. The van der Waals surface area contributed by atoms with Gasteiger partial charge in [-0.05, 0) is 55.0 Å². The minimum atomic E-state index is -0.677. The summed E-state index contributed by atoms with van der Waals surface area (Å²) < 4.78 is 12.0. The summed E-state index contributed by atoms with van der Waals surface area (Å²) in [6.45, 7) is 1.78. The molecule has 2 aromatic carbocycles. The fourth-order valence-corrected chi connectivity index (χ4v) is 3.47. The topological polar surface area (TPSA) is 81.7 Å². The van der Waals surface area contributed by atoms with Crippen LogP contribution in [0, 0.1) is 6.92 Å². The summed E-state index contributed by atoms with van der Waals surface area (Å²) in [6, 6.07) is 14.6. The minimum absolute atomic E-state index is 0.0104. The summed E-state index contributed by atoms with van der Waals surface area (Å²) in [6.07, 6.45) is 0. The highest BCUT2D eigenvalue weighted by Gasteiger charge is 2.17. The number of aromatic nitrogens is 1. The summed E-state index contributed by atoms with van der Waals surface area (Å²) in [5, 5.41) is 10.7. The predicted molar refractivity (Wildman–Crippen MR) is 108 cm³/mol. The first kappa shape index (κ1) is 18.0. The van der Waals surface area contributed by atoms with Crippen molar-refractivity contribution in [3.05, 3.63) is 74.9 Å².